The van der Waals surface area contributed by atoms with E-state index in [-0.39, 0.29) is 0 Å². The summed E-state index contributed by atoms with van der Waals surface area (Å²) >= 11 is 7.85. The molecule has 2 nitrogen and oxygen atoms in total. The van der Waals surface area contributed by atoms with Gasteiger partial charge in [-0.15, -0.1) is 0 Å². The third-order valence-corrected chi connectivity index (χ3v) is 2.28. The lowest BCUT2D eigenvalue weighted by atomic mass is 10.4. The second kappa shape index (κ2) is 3.58. The second-order valence-corrected chi connectivity index (χ2v) is 3.75. The second-order valence-electron chi connectivity index (χ2n) is 2.34. The first-order valence-corrected chi connectivity index (χ1v) is 4.56. The molecule has 0 fully saturated rings. The van der Waals surface area contributed by atoms with E-state index < -0.39 is 0 Å². The van der Waals surface area contributed by atoms with E-state index >= 15 is 0 Å². The molecule has 0 unspecified atom stereocenters. The Morgan fingerprint density at radius 2 is 2.09 bits per heavy atom. The molecule has 0 amide bonds. The van der Waals surface area contributed by atoms with Crippen molar-refractivity contribution in [1.29, 1.82) is 0 Å². The quantitative estimate of drug-likeness (QED) is 0.581. The van der Waals surface area contributed by atoms with Crippen molar-refractivity contribution in [2.75, 3.05) is 19.0 Å². The zero-order valence-corrected chi connectivity index (χ0v) is 9.22. The summed E-state index contributed by atoms with van der Waals surface area (Å²) < 4.78 is 0.931. The predicted octanol–water partition coefficient (Wildman–Crippen LogP) is 2.41. The summed E-state index contributed by atoms with van der Waals surface area (Å²) in [4.78, 5) is 6.11. The van der Waals surface area contributed by atoms with E-state index in [2.05, 4.69) is 27.6 Å². The van der Waals surface area contributed by atoms with E-state index in [1.54, 1.807) is 6.07 Å². The summed E-state index contributed by atoms with van der Waals surface area (Å²) in [5.74, 6) is 0. The van der Waals surface area contributed by atoms with Crippen LogP contribution >= 0.6 is 34.2 Å². The Kier molecular flexibility index (Phi) is 2.95. The molecular weight excluding hydrogens is 274 g/mol. The maximum atomic E-state index is 5.69. The summed E-state index contributed by atoms with van der Waals surface area (Å²) in [5, 5.41) is 0.542. The van der Waals surface area contributed by atoms with Gasteiger partial charge in [-0.05, 0) is 34.7 Å². The minimum atomic E-state index is 0.542. The number of hydrogen-bond donors (Lipinski definition) is 0. The van der Waals surface area contributed by atoms with Crippen LogP contribution in [0.3, 0.4) is 0 Å². The first-order valence-electron chi connectivity index (χ1n) is 3.10. The van der Waals surface area contributed by atoms with Crippen LogP contribution in [-0.4, -0.2) is 19.1 Å². The molecule has 0 radical (unpaired) electrons. The maximum absolute atomic E-state index is 5.69. The molecule has 0 N–H and O–H groups in total. The van der Waals surface area contributed by atoms with Gasteiger partial charge in [-0.25, -0.2) is 4.98 Å². The maximum Gasteiger partial charge on any atom is 0.130 e. The number of aromatic nitrogens is 1. The van der Waals surface area contributed by atoms with Crippen LogP contribution in [0.15, 0.2) is 12.1 Å². The fourth-order valence-electron chi connectivity index (χ4n) is 0.738. The van der Waals surface area contributed by atoms with E-state index in [0.717, 1.165) is 9.39 Å². The number of nitrogens with zero attached hydrogens (tertiary/aromatic N) is 2. The van der Waals surface area contributed by atoms with E-state index in [9.17, 15) is 0 Å². The van der Waals surface area contributed by atoms with Gasteiger partial charge in [0, 0.05) is 14.1 Å². The molecule has 1 aromatic rings. The van der Waals surface area contributed by atoms with Gasteiger partial charge in [0.15, 0.2) is 0 Å². The summed E-state index contributed by atoms with van der Waals surface area (Å²) in [6.45, 7) is 0. The Morgan fingerprint density at radius 1 is 1.45 bits per heavy atom. The normalized spacial score (nSPS) is 9.82. The highest BCUT2D eigenvalue weighted by molar-refractivity contribution is 14.1. The van der Waals surface area contributed by atoms with Crippen LogP contribution < -0.4 is 4.90 Å². The molecule has 11 heavy (non-hydrogen) atoms. The Hall–Kier alpha value is -0.0300. The summed E-state index contributed by atoms with van der Waals surface area (Å²) in [6, 6.07) is 3.75. The number of pyridine rings is 1. The molecular formula is C7H8ClIN2. The van der Waals surface area contributed by atoms with Crippen LogP contribution in [0.25, 0.3) is 0 Å². The average molecular weight is 283 g/mol. The van der Waals surface area contributed by atoms with Crippen molar-refractivity contribution in [3.63, 3.8) is 0 Å². The molecule has 60 valence electrons. The van der Waals surface area contributed by atoms with Gasteiger partial charge in [0.2, 0.25) is 0 Å². The van der Waals surface area contributed by atoms with Crippen molar-refractivity contribution >= 4 is 39.9 Å². The molecule has 4 heteroatoms. The van der Waals surface area contributed by atoms with E-state index in [1.807, 2.05) is 25.1 Å². The molecule has 0 atom stereocenters. The average Bonchev–Trinajstić information content (AvgIpc) is 1.85. The molecule has 1 heterocycles. The summed E-state index contributed by atoms with van der Waals surface area (Å²) in [5.41, 5.74) is 1.09. The smallest absolute Gasteiger partial charge is 0.130 e. The van der Waals surface area contributed by atoms with Gasteiger partial charge in [0.05, 0.1) is 5.69 Å². The molecule has 0 saturated carbocycles. The summed E-state index contributed by atoms with van der Waals surface area (Å²) in [7, 11) is 3.96. The first-order chi connectivity index (χ1) is 5.11. The molecule has 0 saturated heterocycles. The van der Waals surface area contributed by atoms with Gasteiger partial charge in [-0.1, -0.05) is 11.6 Å². The SMILES string of the molecule is CN(C)c1ccc(Cl)nc1I. The first kappa shape index (κ1) is 9.06. The standard InChI is InChI=1S/C7H8ClIN2/c1-11(2)5-3-4-6(8)10-7(5)9/h3-4H,1-2H3. The van der Waals surface area contributed by atoms with E-state index in [0.29, 0.717) is 5.15 Å². The van der Waals surface area contributed by atoms with Crippen molar-refractivity contribution < 1.29 is 0 Å². The van der Waals surface area contributed by atoms with Crippen molar-refractivity contribution in [3.8, 4) is 0 Å². The van der Waals surface area contributed by atoms with Gasteiger partial charge in [0.1, 0.15) is 8.85 Å². The summed E-state index contributed by atoms with van der Waals surface area (Å²) in [6.07, 6.45) is 0. The monoisotopic (exact) mass is 282 g/mol. The fraction of sp³-hybridized carbons (Fsp3) is 0.286. The van der Waals surface area contributed by atoms with E-state index in [1.165, 1.54) is 0 Å². The number of halogens is 2. The molecule has 0 spiro atoms. The van der Waals surface area contributed by atoms with Gasteiger partial charge < -0.3 is 4.90 Å². The lowest BCUT2D eigenvalue weighted by Gasteiger charge is -2.13. The van der Waals surface area contributed by atoms with Gasteiger partial charge >= 0.3 is 0 Å². The Morgan fingerprint density at radius 3 is 2.55 bits per heavy atom. The highest BCUT2D eigenvalue weighted by Gasteiger charge is 2.02. The minimum absolute atomic E-state index is 0.542. The van der Waals surface area contributed by atoms with Crippen LogP contribution in [-0.2, 0) is 0 Å². The Labute approximate surface area is 84.7 Å². The molecule has 0 aliphatic heterocycles. The van der Waals surface area contributed by atoms with E-state index in [4.69, 9.17) is 11.6 Å². The van der Waals surface area contributed by atoms with Crippen molar-refractivity contribution in [2.45, 2.75) is 0 Å². The Balaban J connectivity index is 3.09. The molecule has 0 bridgehead atoms. The molecule has 0 aromatic carbocycles. The van der Waals surface area contributed by atoms with Crippen molar-refractivity contribution in [3.05, 3.63) is 21.0 Å². The Bertz CT molecular complexity index is 263. The van der Waals surface area contributed by atoms with Crippen LogP contribution in [0.5, 0.6) is 0 Å². The molecule has 1 aromatic heterocycles. The minimum Gasteiger partial charge on any atom is -0.376 e. The number of anilines is 1. The molecule has 0 aliphatic carbocycles. The third kappa shape index (κ3) is 2.20. The van der Waals surface area contributed by atoms with Crippen LogP contribution in [0, 0.1) is 3.70 Å². The highest BCUT2D eigenvalue weighted by atomic mass is 127. The number of hydrogen-bond acceptors (Lipinski definition) is 2. The number of rotatable bonds is 1. The van der Waals surface area contributed by atoms with Crippen molar-refractivity contribution in [2.24, 2.45) is 0 Å². The largest absolute Gasteiger partial charge is 0.376 e. The van der Waals surface area contributed by atoms with Crippen LogP contribution in [0.2, 0.25) is 5.15 Å². The fourth-order valence-corrected chi connectivity index (χ4v) is 1.95. The molecule has 1 rings (SSSR count). The lowest BCUT2D eigenvalue weighted by molar-refractivity contribution is 1.09. The van der Waals surface area contributed by atoms with Crippen LogP contribution in [0.4, 0.5) is 5.69 Å². The van der Waals surface area contributed by atoms with Crippen LogP contribution in [0.1, 0.15) is 0 Å². The third-order valence-electron chi connectivity index (χ3n) is 1.28. The topological polar surface area (TPSA) is 16.1 Å². The predicted molar refractivity (Wildman–Crippen MR) is 56.3 cm³/mol. The zero-order chi connectivity index (χ0) is 8.43. The molecule has 0 aliphatic rings. The highest BCUT2D eigenvalue weighted by Crippen LogP contribution is 2.20. The van der Waals surface area contributed by atoms with Gasteiger partial charge in [-0.2, -0.15) is 0 Å². The lowest BCUT2D eigenvalue weighted by Crippen LogP contribution is -2.10. The van der Waals surface area contributed by atoms with Crippen molar-refractivity contribution in [1.82, 2.24) is 4.98 Å². The van der Waals surface area contributed by atoms with Gasteiger partial charge in [-0.3, -0.25) is 0 Å². The zero-order valence-electron chi connectivity index (χ0n) is 6.31. The van der Waals surface area contributed by atoms with Gasteiger partial charge in [0.25, 0.3) is 0 Å².